The van der Waals surface area contributed by atoms with Gasteiger partial charge in [0, 0.05) is 0 Å². The van der Waals surface area contributed by atoms with E-state index in [4.69, 9.17) is 30.7 Å². The Labute approximate surface area is 516 Å². The molecule has 0 atom stereocenters. The summed E-state index contributed by atoms with van der Waals surface area (Å²) in [5.74, 6) is -1.87. The first-order chi connectivity index (χ1) is 51.2. The summed E-state index contributed by atoms with van der Waals surface area (Å²) < 4.78 is 239. The molecule has 0 bridgehead atoms. The molecule has 0 amide bonds. The van der Waals surface area contributed by atoms with Crippen molar-refractivity contribution in [3.05, 3.63) is 319 Å². The summed E-state index contributed by atoms with van der Waals surface area (Å²) in [5, 5.41) is -1.86. The third-order valence-corrected chi connectivity index (χ3v) is 25.1. The predicted octanol–water partition coefficient (Wildman–Crippen LogP) is 15.2. The number of benzene rings is 12. The number of nitrogens with zero attached hydrogens (tertiary/aromatic N) is 5. The van der Waals surface area contributed by atoms with E-state index in [1.54, 1.807) is 72.8 Å². The van der Waals surface area contributed by atoms with Gasteiger partial charge in [-0.05, 0) is 0 Å². The third-order valence-electron chi connectivity index (χ3n) is 15.9. The van der Waals surface area contributed by atoms with Crippen molar-refractivity contribution < 1.29 is 37.6 Å². The van der Waals surface area contributed by atoms with E-state index >= 15 is 0 Å². The predicted molar refractivity (Wildman–Crippen MR) is 340 cm³/mol. The Kier molecular flexibility index (Phi) is 6.57. The van der Waals surface area contributed by atoms with Gasteiger partial charge < -0.3 is 0 Å². The third kappa shape index (κ3) is 6.87. The fourth-order valence-corrected chi connectivity index (χ4v) is 21.4. The van der Waals surface area contributed by atoms with Gasteiger partial charge in [-0.25, -0.2) is 0 Å². The fourth-order valence-electron chi connectivity index (χ4n) is 12.5. The van der Waals surface area contributed by atoms with E-state index in [0.717, 1.165) is 37.0 Å². The van der Waals surface area contributed by atoms with E-state index < -0.39 is 231 Å². The van der Waals surface area contributed by atoms with Crippen LogP contribution in [0.1, 0.15) is 55.2 Å². The molecule has 7 heteroatoms. The Bertz CT molecular complexity index is 6150. The molecule has 6 nitrogen and oxygen atoms in total. The molecule has 17 rings (SSSR count). The van der Waals surface area contributed by atoms with Crippen LogP contribution in [0.4, 0.5) is 0 Å². The van der Waals surface area contributed by atoms with Crippen LogP contribution >= 0.6 is 0 Å². The second-order valence-corrected chi connectivity index (χ2v) is 27.6. The van der Waals surface area contributed by atoms with Crippen molar-refractivity contribution in [2.75, 3.05) is 0 Å². The molecule has 0 unspecified atom stereocenters. The van der Waals surface area contributed by atoms with Gasteiger partial charge in [0.15, 0.2) is 0 Å². The molecule has 1 aliphatic heterocycles. The summed E-state index contributed by atoms with van der Waals surface area (Å²) in [6.07, 6.45) is 0. The minimum atomic E-state index is -6.07. The van der Waals surface area contributed by atoms with Crippen LogP contribution in [-0.4, -0.2) is 37.4 Å². The van der Waals surface area contributed by atoms with Gasteiger partial charge in [-0.3, -0.25) is 0 Å². The Hall–Kier alpha value is -10.4. The number of fused-ring (bicyclic) bond motifs is 15. The zero-order chi connectivity index (χ0) is 75.5. The molecule has 0 saturated heterocycles. The molecule has 4 heterocycles. The Morgan fingerprint density at radius 3 is 1.30 bits per heavy atom. The molecule has 0 saturated carbocycles. The van der Waals surface area contributed by atoms with Crippen molar-refractivity contribution in [1.82, 2.24) is 24.1 Å². The molecule has 1 aliphatic carbocycles. The van der Waals surface area contributed by atoms with Crippen molar-refractivity contribution in [2.45, 2.75) is 5.41 Å². The standard InChI is InChI=1S/C76H49GeN5O/c1-3-26-52(27-4-1)77(53-28-5-2-6-29-53,54-30-21-24-50(48-54)56-38-23-42-66-72(56)83-71-47-20-15-41-65(71)76(66)63-39-13-7-32-57(63)58-33-8-14-40-64(58)76)55-31-22-25-51(49-55)73-78-74(81-67-43-16-9-34-59(67)60-35-10-17-44-68(60)81)80-75(79-73)82-69-45-18-11-36-61(69)62-37-12-19-46-70(62)82/h1-49H/i9D,10D,11D,12D,16D,17D,18D,19D,21D,22D,24D,25D,30D,31D,34D,35D,36D,37D,43D,44D,45D,46D,48D,49D. The van der Waals surface area contributed by atoms with Crippen LogP contribution in [0.3, 0.4) is 0 Å². The molecule has 2 aliphatic rings. The summed E-state index contributed by atoms with van der Waals surface area (Å²) in [6.45, 7) is 0. The normalized spacial score (nSPS) is 17.1. The van der Waals surface area contributed by atoms with Crippen LogP contribution < -0.4 is 22.3 Å². The van der Waals surface area contributed by atoms with Crippen LogP contribution in [0.25, 0.3) is 89.2 Å². The first kappa shape index (κ1) is 29.4. The van der Waals surface area contributed by atoms with Crippen molar-refractivity contribution in [3.8, 4) is 57.0 Å². The van der Waals surface area contributed by atoms with Crippen LogP contribution in [-0.2, 0) is 5.41 Å². The molecular formula is C76H49GeN5O. The summed E-state index contributed by atoms with van der Waals surface area (Å²) in [4.78, 5) is 14.6. The van der Waals surface area contributed by atoms with E-state index in [1.807, 2.05) is 66.7 Å². The first-order valence-corrected chi connectivity index (χ1v) is 30.6. The summed E-state index contributed by atoms with van der Waals surface area (Å²) in [7, 11) is 0. The molecule has 3 aromatic heterocycles. The van der Waals surface area contributed by atoms with Crippen LogP contribution in [0, 0.1) is 0 Å². The SMILES string of the molecule is [2H]c1c([2H])c(-c2nc(-n3c4c([2H])c([2H])c([2H])c([2H])c4c4c([2H])c([2H])c([2H])c([2H])c43)nc(-n3c4c([2H])c([2H])c([2H])c([2H])c4c4c([2H])c([2H])c([2H])c([2H])c43)n2)c([2H])[c]([Ge]([c]2ccccc2)([c]2ccccc2)[c]2c([2H])c([2H])c([2H])c(-c3cccc4c3Oc3ccccc3C43c4ccccc4-c4ccccc43)c2[2H])c1[2H]. The van der Waals surface area contributed by atoms with Gasteiger partial charge in [0.2, 0.25) is 0 Å². The van der Waals surface area contributed by atoms with Crippen LogP contribution in [0.5, 0.6) is 11.5 Å². The minimum absolute atomic E-state index is 0.172. The van der Waals surface area contributed by atoms with Gasteiger partial charge in [-0.15, -0.1) is 0 Å². The van der Waals surface area contributed by atoms with E-state index in [9.17, 15) is 21.9 Å². The van der Waals surface area contributed by atoms with E-state index in [1.165, 1.54) is 0 Å². The van der Waals surface area contributed by atoms with Gasteiger partial charge in [-0.2, -0.15) is 0 Å². The van der Waals surface area contributed by atoms with Crippen molar-refractivity contribution in [3.63, 3.8) is 0 Å². The summed E-state index contributed by atoms with van der Waals surface area (Å²) in [5.41, 5.74) is 1.13. The molecule has 12 aromatic carbocycles. The molecule has 15 aromatic rings. The molecule has 1 spiro atoms. The van der Waals surface area contributed by atoms with E-state index in [-0.39, 0.29) is 25.7 Å². The van der Waals surface area contributed by atoms with E-state index in [0.29, 0.717) is 20.1 Å². The molecule has 388 valence electrons. The number of hydrogen-bond acceptors (Lipinski definition) is 4. The zero-order valence-electron chi connectivity index (χ0n) is 67.1. The molecular weight excluding hydrogens is 1070 g/mol. The summed E-state index contributed by atoms with van der Waals surface area (Å²) in [6, 6.07) is 26.6. The van der Waals surface area contributed by atoms with Crippen molar-refractivity contribution in [2.24, 2.45) is 0 Å². The molecule has 0 radical (unpaired) electrons. The van der Waals surface area contributed by atoms with Gasteiger partial charge in [0.25, 0.3) is 0 Å². The maximum absolute atomic E-state index is 11.1. The fraction of sp³-hybridized carbons (Fsp3) is 0.0132. The van der Waals surface area contributed by atoms with E-state index in [2.05, 4.69) is 12.1 Å². The number of hydrogen-bond donors (Lipinski definition) is 0. The maximum atomic E-state index is 11.1. The average molecular weight is 1150 g/mol. The second-order valence-electron chi connectivity index (χ2n) is 19.9. The number of aromatic nitrogens is 5. The Morgan fingerprint density at radius 2 is 0.771 bits per heavy atom. The number of para-hydroxylation sites is 6. The van der Waals surface area contributed by atoms with Crippen molar-refractivity contribution >= 4 is 74.5 Å². The second kappa shape index (κ2) is 18.6. The van der Waals surface area contributed by atoms with Gasteiger partial charge in [0.1, 0.15) is 0 Å². The monoisotopic (exact) mass is 1150 g/mol. The Morgan fingerprint density at radius 1 is 0.349 bits per heavy atom. The topological polar surface area (TPSA) is 57.8 Å². The van der Waals surface area contributed by atoms with Gasteiger partial charge in [-0.1, -0.05) is 0 Å². The molecule has 0 N–H and O–H groups in total. The number of rotatable bonds is 8. The summed E-state index contributed by atoms with van der Waals surface area (Å²) >= 11 is -6.07. The Balaban J connectivity index is 1.03. The first-order valence-electron chi connectivity index (χ1n) is 38.4. The van der Waals surface area contributed by atoms with Gasteiger partial charge in [0.05, 0.1) is 0 Å². The molecule has 0 fully saturated rings. The average Bonchev–Trinajstić information content (AvgIpc) is 1.69. The van der Waals surface area contributed by atoms with Crippen molar-refractivity contribution in [1.29, 1.82) is 0 Å². The molecule has 83 heavy (non-hydrogen) atoms. The number of ether oxygens (including phenoxy) is 1. The van der Waals surface area contributed by atoms with Gasteiger partial charge >= 0.3 is 518 Å². The van der Waals surface area contributed by atoms with Crippen LogP contribution in [0.15, 0.2) is 297 Å². The quantitative estimate of drug-likeness (QED) is 0.142. The van der Waals surface area contributed by atoms with Crippen LogP contribution in [0.2, 0.25) is 0 Å². The zero-order valence-corrected chi connectivity index (χ0v) is 45.2.